The van der Waals surface area contributed by atoms with E-state index >= 15 is 0 Å². The molecule has 0 saturated carbocycles. The van der Waals surface area contributed by atoms with E-state index in [0.717, 1.165) is 18.2 Å². The van der Waals surface area contributed by atoms with E-state index in [-0.39, 0.29) is 23.5 Å². The van der Waals surface area contributed by atoms with Crippen LogP contribution in [0.15, 0.2) is 18.2 Å². The second kappa shape index (κ2) is 5.15. The highest BCUT2D eigenvalue weighted by Gasteiger charge is 2.31. The molecule has 0 aliphatic carbocycles. The zero-order chi connectivity index (χ0) is 14.0. The van der Waals surface area contributed by atoms with Gasteiger partial charge in [0.05, 0.1) is 17.0 Å². The molecule has 0 aromatic heterocycles. The zero-order valence-electron chi connectivity index (χ0n) is 9.58. The first-order valence-electron chi connectivity index (χ1n) is 5.10. The first-order valence-corrected chi connectivity index (χ1v) is 6.75. The van der Waals surface area contributed by atoms with E-state index in [1.165, 1.54) is 6.92 Å². The molecule has 0 fully saturated rings. The van der Waals surface area contributed by atoms with Gasteiger partial charge >= 0.3 is 6.18 Å². The maximum absolute atomic E-state index is 12.5. The summed E-state index contributed by atoms with van der Waals surface area (Å²) < 4.78 is 62.3. The van der Waals surface area contributed by atoms with Gasteiger partial charge in [-0.2, -0.15) is 13.2 Å². The van der Waals surface area contributed by atoms with Crippen LogP contribution in [0.4, 0.5) is 18.9 Å². The van der Waals surface area contributed by atoms with Gasteiger partial charge in [-0.1, -0.05) is 0 Å². The Bertz CT molecular complexity index is 526. The first kappa shape index (κ1) is 14.8. The lowest BCUT2D eigenvalue weighted by molar-refractivity contribution is -0.137. The minimum absolute atomic E-state index is 0.0763. The van der Waals surface area contributed by atoms with Crippen molar-refractivity contribution in [1.29, 1.82) is 0 Å². The van der Waals surface area contributed by atoms with Crippen molar-refractivity contribution in [3.8, 4) is 0 Å². The third-order valence-corrected chi connectivity index (χ3v) is 3.59. The Hall–Kier alpha value is -1.28. The van der Waals surface area contributed by atoms with Crippen molar-refractivity contribution in [2.45, 2.75) is 19.6 Å². The van der Waals surface area contributed by atoms with Crippen LogP contribution in [0, 0.1) is 0 Å². The number of rotatable bonds is 4. The highest BCUT2D eigenvalue weighted by atomic mass is 32.2. The van der Waals surface area contributed by atoms with Crippen molar-refractivity contribution in [3.05, 3.63) is 29.3 Å². The van der Waals surface area contributed by atoms with Gasteiger partial charge in [0.2, 0.25) is 10.0 Å². The molecular formula is C10H13F3N2O2S. The summed E-state index contributed by atoms with van der Waals surface area (Å²) in [5, 5.41) is 0. The van der Waals surface area contributed by atoms with E-state index in [1.807, 2.05) is 0 Å². The zero-order valence-corrected chi connectivity index (χ0v) is 10.4. The molecule has 0 heterocycles. The summed E-state index contributed by atoms with van der Waals surface area (Å²) in [4.78, 5) is 0. The van der Waals surface area contributed by atoms with Gasteiger partial charge in [-0.3, -0.25) is 4.72 Å². The van der Waals surface area contributed by atoms with Gasteiger partial charge in [0.25, 0.3) is 0 Å². The molecule has 0 aliphatic rings. The monoisotopic (exact) mass is 282 g/mol. The minimum Gasteiger partial charge on any atom is -0.326 e. The van der Waals surface area contributed by atoms with E-state index in [9.17, 15) is 21.6 Å². The molecule has 0 amide bonds. The molecule has 8 heteroatoms. The Morgan fingerprint density at radius 2 is 1.94 bits per heavy atom. The fourth-order valence-electron chi connectivity index (χ4n) is 1.28. The van der Waals surface area contributed by atoms with Gasteiger partial charge in [-0.15, -0.1) is 0 Å². The molecule has 0 saturated heterocycles. The van der Waals surface area contributed by atoms with E-state index < -0.39 is 21.8 Å². The third-order valence-electron chi connectivity index (χ3n) is 2.30. The van der Waals surface area contributed by atoms with Gasteiger partial charge in [-0.25, -0.2) is 8.42 Å². The van der Waals surface area contributed by atoms with Crippen molar-refractivity contribution in [2.75, 3.05) is 10.5 Å². The summed E-state index contributed by atoms with van der Waals surface area (Å²) in [5.74, 6) is -0.169. The Labute approximate surface area is 103 Å². The number of nitrogens with two attached hydrogens (primary N) is 1. The summed E-state index contributed by atoms with van der Waals surface area (Å²) in [7, 11) is -3.54. The van der Waals surface area contributed by atoms with E-state index in [1.54, 1.807) is 0 Å². The molecular weight excluding hydrogens is 269 g/mol. The predicted octanol–water partition coefficient (Wildman–Crippen LogP) is 1.93. The summed E-state index contributed by atoms with van der Waals surface area (Å²) in [6.45, 7) is 1.24. The lowest BCUT2D eigenvalue weighted by atomic mass is 10.1. The topological polar surface area (TPSA) is 72.2 Å². The Morgan fingerprint density at radius 1 is 1.33 bits per heavy atom. The molecule has 0 unspecified atom stereocenters. The van der Waals surface area contributed by atoms with Crippen LogP contribution in [0.1, 0.15) is 18.1 Å². The van der Waals surface area contributed by atoms with E-state index in [2.05, 4.69) is 4.72 Å². The van der Waals surface area contributed by atoms with Crippen LogP contribution in [0.3, 0.4) is 0 Å². The number of nitrogens with one attached hydrogen (secondary N) is 1. The van der Waals surface area contributed by atoms with Crippen LogP contribution in [-0.4, -0.2) is 14.2 Å². The summed E-state index contributed by atoms with van der Waals surface area (Å²) in [5.41, 5.74) is 4.64. The second-order valence-corrected chi connectivity index (χ2v) is 5.59. The van der Waals surface area contributed by atoms with Crippen LogP contribution in [0.2, 0.25) is 0 Å². The molecule has 4 nitrogen and oxygen atoms in total. The Balaban J connectivity index is 3.17. The number of alkyl halides is 3. The minimum atomic E-state index is -4.48. The SMILES string of the molecule is CCS(=O)(=O)Nc1ccc(C(F)(F)F)cc1CN. The average molecular weight is 282 g/mol. The van der Waals surface area contributed by atoms with Gasteiger partial charge in [0, 0.05) is 6.54 Å². The number of hydrogen-bond donors (Lipinski definition) is 2. The van der Waals surface area contributed by atoms with Crippen LogP contribution >= 0.6 is 0 Å². The van der Waals surface area contributed by atoms with E-state index in [0.29, 0.717) is 0 Å². The molecule has 3 N–H and O–H groups in total. The quantitative estimate of drug-likeness (QED) is 0.886. The molecule has 102 valence electrons. The molecule has 0 atom stereocenters. The number of benzene rings is 1. The van der Waals surface area contributed by atoms with Crippen molar-refractivity contribution < 1.29 is 21.6 Å². The third kappa shape index (κ3) is 3.61. The Morgan fingerprint density at radius 3 is 2.39 bits per heavy atom. The smallest absolute Gasteiger partial charge is 0.326 e. The molecule has 18 heavy (non-hydrogen) atoms. The van der Waals surface area contributed by atoms with Crippen LogP contribution < -0.4 is 10.5 Å². The molecule has 0 spiro atoms. The average Bonchev–Trinajstić information content (AvgIpc) is 2.27. The molecule has 1 aromatic rings. The normalized spacial score (nSPS) is 12.5. The summed E-state index contributed by atoms with van der Waals surface area (Å²) in [6, 6.07) is 2.72. The maximum atomic E-state index is 12.5. The number of hydrogen-bond acceptors (Lipinski definition) is 3. The predicted molar refractivity (Wildman–Crippen MR) is 62.4 cm³/mol. The van der Waals surface area contributed by atoms with Crippen molar-refractivity contribution >= 4 is 15.7 Å². The number of halogens is 3. The van der Waals surface area contributed by atoms with Gasteiger partial charge in [-0.05, 0) is 30.7 Å². The molecule has 0 aliphatic heterocycles. The van der Waals surface area contributed by atoms with Gasteiger partial charge < -0.3 is 5.73 Å². The standard InChI is InChI=1S/C10H13F3N2O2S/c1-2-18(16,17)15-9-4-3-8(10(11,12)13)5-7(9)6-14/h3-5,15H,2,6,14H2,1H3. The largest absolute Gasteiger partial charge is 0.416 e. The van der Waals surface area contributed by atoms with Gasteiger partial charge in [0.1, 0.15) is 0 Å². The first-order chi connectivity index (χ1) is 8.19. The lowest BCUT2D eigenvalue weighted by Gasteiger charge is -2.13. The summed E-state index contributed by atoms with van der Waals surface area (Å²) >= 11 is 0. The second-order valence-electron chi connectivity index (χ2n) is 3.58. The Kier molecular flexibility index (Phi) is 4.23. The number of sulfonamides is 1. The molecule has 0 bridgehead atoms. The fourth-order valence-corrected chi connectivity index (χ4v) is 1.96. The van der Waals surface area contributed by atoms with Crippen LogP contribution in [-0.2, 0) is 22.7 Å². The van der Waals surface area contributed by atoms with Crippen molar-refractivity contribution in [2.24, 2.45) is 5.73 Å². The summed E-state index contributed by atoms with van der Waals surface area (Å²) in [6.07, 6.45) is -4.48. The molecule has 1 aromatic carbocycles. The highest BCUT2D eigenvalue weighted by molar-refractivity contribution is 7.92. The maximum Gasteiger partial charge on any atom is 0.416 e. The number of anilines is 1. The van der Waals surface area contributed by atoms with Crippen LogP contribution in [0.5, 0.6) is 0 Å². The lowest BCUT2D eigenvalue weighted by Crippen LogP contribution is -2.17. The van der Waals surface area contributed by atoms with Crippen molar-refractivity contribution in [1.82, 2.24) is 0 Å². The van der Waals surface area contributed by atoms with Crippen molar-refractivity contribution in [3.63, 3.8) is 0 Å². The molecule has 0 radical (unpaired) electrons. The fraction of sp³-hybridized carbons (Fsp3) is 0.400. The van der Waals surface area contributed by atoms with Crippen LogP contribution in [0.25, 0.3) is 0 Å². The highest BCUT2D eigenvalue weighted by Crippen LogP contribution is 2.31. The van der Waals surface area contributed by atoms with Gasteiger partial charge in [0.15, 0.2) is 0 Å². The van der Waals surface area contributed by atoms with E-state index in [4.69, 9.17) is 5.73 Å². The molecule has 1 rings (SSSR count).